The van der Waals surface area contributed by atoms with E-state index in [4.69, 9.17) is 0 Å². The van der Waals surface area contributed by atoms with Crippen LogP contribution in [0.4, 0.5) is 19.1 Å². The quantitative estimate of drug-likeness (QED) is 0.424. The SMILES string of the molecule is C=CCn1c(N2CCNCC2OC(=O)C(F)(F)F)nc2c1c(=O)n(CCO)c(=O)n2C. The number of anilines is 1. The van der Waals surface area contributed by atoms with Crippen molar-refractivity contribution in [3.05, 3.63) is 33.5 Å². The smallest absolute Gasteiger partial charge is 0.433 e. The zero-order valence-corrected chi connectivity index (χ0v) is 16.6. The highest BCUT2D eigenvalue weighted by atomic mass is 19.4. The lowest BCUT2D eigenvalue weighted by atomic mass is 10.3. The molecule has 3 rings (SSSR count). The first-order valence-electron chi connectivity index (χ1n) is 9.28. The standard InChI is InChI=1S/C17H21F3N6O5/c1-3-5-25-11-12(23(2)16(30)26(7-8-27)13(11)28)22-15(25)24-6-4-21-9-10(24)31-14(29)17(18,19)20/h3,10,21,27H,1,4-9H2,2H3. The number of rotatable bonds is 6. The molecule has 0 saturated carbocycles. The van der Waals surface area contributed by atoms with Gasteiger partial charge < -0.3 is 24.6 Å². The number of allylic oxidation sites excluding steroid dienone is 1. The molecule has 2 N–H and O–H groups in total. The molecule has 2 aromatic rings. The van der Waals surface area contributed by atoms with Crippen molar-refractivity contribution in [1.82, 2.24) is 24.0 Å². The van der Waals surface area contributed by atoms with Crippen LogP contribution in [0.2, 0.25) is 0 Å². The van der Waals surface area contributed by atoms with Gasteiger partial charge in [0.2, 0.25) is 5.95 Å². The summed E-state index contributed by atoms with van der Waals surface area (Å²) in [7, 11) is 1.38. The summed E-state index contributed by atoms with van der Waals surface area (Å²) < 4.78 is 46.1. The summed E-state index contributed by atoms with van der Waals surface area (Å²) in [5.74, 6) is -2.31. The maximum absolute atomic E-state index is 13.0. The van der Waals surface area contributed by atoms with Crippen LogP contribution < -0.4 is 21.5 Å². The van der Waals surface area contributed by atoms with Gasteiger partial charge in [-0.3, -0.25) is 13.9 Å². The minimum atomic E-state index is -5.17. The number of alkyl halides is 3. The predicted octanol–water partition coefficient (Wildman–Crippen LogP) is -1.08. The molecule has 1 atom stereocenters. The number of nitrogens with one attached hydrogen (secondary N) is 1. The molecule has 0 radical (unpaired) electrons. The number of hydrogen-bond donors (Lipinski definition) is 2. The maximum atomic E-state index is 13.0. The number of ether oxygens (including phenoxy) is 1. The van der Waals surface area contributed by atoms with E-state index in [1.165, 1.54) is 22.6 Å². The van der Waals surface area contributed by atoms with Crippen LogP contribution in [0, 0.1) is 0 Å². The van der Waals surface area contributed by atoms with Gasteiger partial charge in [0.25, 0.3) is 5.56 Å². The molecule has 3 heterocycles. The third-order valence-corrected chi connectivity index (χ3v) is 4.78. The molecule has 0 aromatic carbocycles. The molecule has 31 heavy (non-hydrogen) atoms. The number of imidazole rings is 1. The summed E-state index contributed by atoms with van der Waals surface area (Å²) in [6, 6.07) is 0. The van der Waals surface area contributed by atoms with E-state index in [0.717, 1.165) is 9.13 Å². The lowest BCUT2D eigenvalue weighted by Gasteiger charge is -2.36. The number of aromatic nitrogens is 4. The summed E-state index contributed by atoms with van der Waals surface area (Å²) in [5, 5.41) is 12.0. The van der Waals surface area contributed by atoms with Crippen molar-refractivity contribution in [2.24, 2.45) is 7.05 Å². The van der Waals surface area contributed by atoms with Crippen molar-refractivity contribution in [2.75, 3.05) is 31.1 Å². The topological polar surface area (TPSA) is 124 Å². The molecule has 14 heteroatoms. The molecule has 0 aliphatic carbocycles. The second-order valence-electron chi connectivity index (χ2n) is 6.76. The molecule has 0 bridgehead atoms. The van der Waals surface area contributed by atoms with E-state index in [2.05, 4.69) is 21.6 Å². The summed E-state index contributed by atoms with van der Waals surface area (Å²) >= 11 is 0. The monoisotopic (exact) mass is 446 g/mol. The van der Waals surface area contributed by atoms with E-state index in [1.807, 2.05) is 0 Å². The van der Waals surface area contributed by atoms with Crippen LogP contribution in [0.5, 0.6) is 0 Å². The van der Waals surface area contributed by atoms with E-state index in [0.29, 0.717) is 6.54 Å². The molecular formula is C17H21F3N6O5. The Morgan fingerprint density at radius 2 is 2.10 bits per heavy atom. The van der Waals surface area contributed by atoms with E-state index >= 15 is 0 Å². The number of nitrogens with zero attached hydrogens (tertiary/aromatic N) is 5. The fourth-order valence-electron chi connectivity index (χ4n) is 3.38. The molecule has 1 aliphatic heterocycles. The Labute approximate surface area is 172 Å². The van der Waals surface area contributed by atoms with Gasteiger partial charge in [0, 0.05) is 26.7 Å². The molecule has 1 aliphatic rings. The molecule has 0 amide bonds. The number of carbonyl (C=O) groups is 1. The second-order valence-corrected chi connectivity index (χ2v) is 6.76. The highest BCUT2D eigenvalue weighted by molar-refractivity contribution is 5.77. The first kappa shape index (κ1) is 22.6. The van der Waals surface area contributed by atoms with Crippen LogP contribution in [-0.2, 0) is 29.7 Å². The van der Waals surface area contributed by atoms with Gasteiger partial charge in [-0.1, -0.05) is 6.08 Å². The van der Waals surface area contributed by atoms with Gasteiger partial charge in [-0.2, -0.15) is 18.2 Å². The molecular weight excluding hydrogens is 425 g/mol. The third-order valence-electron chi connectivity index (χ3n) is 4.78. The average Bonchev–Trinajstić information content (AvgIpc) is 3.09. The average molecular weight is 446 g/mol. The van der Waals surface area contributed by atoms with Crippen LogP contribution >= 0.6 is 0 Å². The van der Waals surface area contributed by atoms with Gasteiger partial charge in [0.1, 0.15) is 0 Å². The minimum Gasteiger partial charge on any atom is -0.433 e. The molecule has 11 nitrogen and oxygen atoms in total. The van der Waals surface area contributed by atoms with Crippen molar-refractivity contribution in [3.8, 4) is 0 Å². The van der Waals surface area contributed by atoms with Crippen molar-refractivity contribution < 1.29 is 27.8 Å². The lowest BCUT2D eigenvalue weighted by Crippen LogP contribution is -2.55. The van der Waals surface area contributed by atoms with Gasteiger partial charge in [-0.15, -0.1) is 6.58 Å². The Kier molecular flexibility index (Phi) is 6.22. The Morgan fingerprint density at radius 1 is 1.39 bits per heavy atom. The number of aliphatic hydroxyl groups is 1. The summed E-state index contributed by atoms with van der Waals surface area (Å²) in [4.78, 5) is 42.5. The van der Waals surface area contributed by atoms with Crippen molar-refractivity contribution in [2.45, 2.75) is 25.5 Å². The van der Waals surface area contributed by atoms with Crippen molar-refractivity contribution in [1.29, 1.82) is 0 Å². The number of fused-ring (bicyclic) bond motifs is 1. The first-order chi connectivity index (χ1) is 14.6. The molecule has 2 aromatic heterocycles. The number of aryl methyl sites for hydroxylation is 1. The predicted molar refractivity (Wildman–Crippen MR) is 103 cm³/mol. The number of esters is 1. The lowest BCUT2D eigenvalue weighted by molar-refractivity contribution is -0.205. The summed E-state index contributed by atoms with van der Waals surface area (Å²) in [6.07, 6.45) is -5.07. The van der Waals surface area contributed by atoms with Crippen LogP contribution in [0.25, 0.3) is 11.2 Å². The van der Waals surface area contributed by atoms with Gasteiger partial charge >= 0.3 is 17.8 Å². The van der Waals surface area contributed by atoms with E-state index < -0.39 is 36.2 Å². The third kappa shape index (κ3) is 4.07. The number of piperazine rings is 1. The van der Waals surface area contributed by atoms with Crippen molar-refractivity contribution in [3.63, 3.8) is 0 Å². The highest BCUT2D eigenvalue weighted by Gasteiger charge is 2.44. The van der Waals surface area contributed by atoms with Gasteiger partial charge in [0.05, 0.1) is 19.7 Å². The maximum Gasteiger partial charge on any atom is 0.491 e. The Balaban J connectivity index is 2.19. The normalized spacial score (nSPS) is 17.2. The van der Waals surface area contributed by atoms with E-state index in [9.17, 15) is 32.7 Å². The number of halogens is 3. The van der Waals surface area contributed by atoms with Crippen LogP contribution in [-0.4, -0.2) is 68.4 Å². The second kappa shape index (κ2) is 8.55. The Hall–Kier alpha value is -3.13. The molecule has 0 spiro atoms. The molecule has 1 unspecified atom stereocenters. The number of carbonyl (C=O) groups excluding carboxylic acids is 1. The fourth-order valence-corrected chi connectivity index (χ4v) is 3.38. The van der Waals surface area contributed by atoms with Crippen LogP contribution in [0.15, 0.2) is 22.2 Å². The number of hydrogen-bond acceptors (Lipinski definition) is 8. The van der Waals surface area contributed by atoms with Crippen LogP contribution in [0.1, 0.15) is 0 Å². The molecule has 1 fully saturated rings. The summed E-state index contributed by atoms with van der Waals surface area (Å²) in [6.45, 7) is 3.35. The van der Waals surface area contributed by atoms with Crippen LogP contribution in [0.3, 0.4) is 0 Å². The van der Waals surface area contributed by atoms with Gasteiger partial charge in [-0.05, 0) is 0 Å². The minimum absolute atomic E-state index is 0.000436. The first-order valence-corrected chi connectivity index (χ1v) is 9.28. The van der Waals surface area contributed by atoms with E-state index in [1.54, 1.807) is 0 Å². The van der Waals surface area contributed by atoms with E-state index in [-0.39, 0.29) is 43.3 Å². The number of aliphatic hydroxyl groups excluding tert-OH is 1. The van der Waals surface area contributed by atoms with Crippen molar-refractivity contribution >= 4 is 23.1 Å². The van der Waals surface area contributed by atoms with Gasteiger partial charge in [0.15, 0.2) is 17.4 Å². The summed E-state index contributed by atoms with van der Waals surface area (Å²) in [5.41, 5.74) is -1.42. The Bertz CT molecular complexity index is 1120. The zero-order valence-electron chi connectivity index (χ0n) is 16.6. The van der Waals surface area contributed by atoms with Gasteiger partial charge in [-0.25, -0.2) is 9.59 Å². The largest absolute Gasteiger partial charge is 0.491 e. The molecule has 1 saturated heterocycles. The Morgan fingerprint density at radius 3 is 2.71 bits per heavy atom. The zero-order chi connectivity index (χ0) is 22.9. The fraction of sp³-hybridized carbons (Fsp3) is 0.529. The molecule has 170 valence electrons. The highest BCUT2D eigenvalue weighted by Crippen LogP contribution is 2.25.